The Morgan fingerprint density at radius 1 is 0.815 bits per heavy atom. The monoisotopic (exact) mass is 364 g/mol. The van der Waals surface area contributed by atoms with Gasteiger partial charge in [-0.3, -0.25) is 0 Å². The number of para-hydroxylation sites is 2. The second kappa shape index (κ2) is 9.50. The lowest BCUT2D eigenvalue weighted by Crippen LogP contribution is -2.21. The maximum Gasteiger partial charge on any atom is 0.166 e. The Morgan fingerprint density at radius 2 is 1.63 bits per heavy atom. The van der Waals surface area contributed by atoms with Crippen molar-refractivity contribution in [3.63, 3.8) is 0 Å². The molecule has 0 saturated carbocycles. The third-order valence-electron chi connectivity index (χ3n) is 4.08. The van der Waals surface area contributed by atoms with Gasteiger partial charge >= 0.3 is 0 Å². The van der Waals surface area contributed by atoms with Crippen LogP contribution in [0.5, 0.6) is 17.2 Å². The quantitative estimate of drug-likeness (QED) is 0.551. The molecule has 0 aliphatic heterocycles. The van der Waals surface area contributed by atoms with Crippen LogP contribution in [0.1, 0.15) is 11.1 Å². The molecule has 140 valence electrons. The zero-order valence-electron chi connectivity index (χ0n) is 15.6. The van der Waals surface area contributed by atoms with E-state index in [1.807, 2.05) is 72.8 Å². The Balaban J connectivity index is 1.69. The van der Waals surface area contributed by atoms with Gasteiger partial charge in [0, 0.05) is 17.8 Å². The summed E-state index contributed by atoms with van der Waals surface area (Å²) in [5.41, 5.74) is 9.43. The highest BCUT2D eigenvalue weighted by Gasteiger charge is 2.11. The van der Waals surface area contributed by atoms with Crippen LogP contribution >= 0.6 is 0 Å². The molecule has 27 heavy (non-hydrogen) atoms. The third kappa shape index (κ3) is 5.15. The summed E-state index contributed by atoms with van der Waals surface area (Å²) in [6.07, 6.45) is 0. The average molecular weight is 364 g/mol. The van der Waals surface area contributed by atoms with Crippen LogP contribution in [0, 0.1) is 0 Å². The van der Waals surface area contributed by atoms with Crippen molar-refractivity contribution < 1.29 is 14.2 Å². The summed E-state index contributed by atoms with van der Waals surface area (Å²) in [6.45, 7) is 1.01. The minimum absolute atomic E-state index is 0.427. The lowest BCUT2D eigenvalue weighted by atomic mass is 10.1. The number of rotatable bonds is 9. The molecule has 0 aromatic heterocycles. The molecule has 2 N–H and O–H groups in total. The Bertz CT molecular complexity index is 853. The normalized spacial score (nSPS) is 10.3. The van der Waals surface area contributed by atoms with E-state index in [0.29, 0.717) is 18.9 Å². The van der Waals surface area contributed by atoms with Gasteiger partial charge in [-0.25, -0.2) is 5.43 Å². The smallest absolute Gasteiger partial charge is 0.166 e. The van der Waals surface area contributed by atoms with Crippen LogP contribution in [0.15, 0.2) is 72.8 Å². The molecule has 0 heterocycles. The van der Waals surface area contributed by atoms with Crippen molar-refractivity contribution in [2.45, 2.75) is 13.2 Å². The van der Waals surface area contributed by atoms with Crippen LogP contribution in [0.2, 0.25) is 0 Å². The predicted octanol–water partition coefficient (Wildman–Crippen LogP) is 4.40. The summed E-state index contributed by atoms with van der Waals surface area (Å²) >= 11 is 0. The lowest BCUT2D eigenvalue weighted by Gasteiger charge is -2.16. The molecule has 3 rings (SSSR count). The molecular formula is C22H24N2O3. The van der Waals surface area contributed by atoms with Crippen molar-refractivity contribution in [3.05, 3.63) is 83.9 Å². The molecule has 0 bridgehead atoms. The Kier molecular flexibility index (Phi) is 6.55. The molecule has 0 aliphatic carbocycles. The van der Waals surface area contributed by atoms with Gasteiger partial charge in [0.25, 0.3) is 0 Å². The summed E-state index contributed by atoms with van der Waals surface area (Å²) in [7, 11) is 3.30. The first-order valence-corrected chi connectivity index (χ1v) is 8.75. The molecule has 0 unspecified atom stereocenters. The van der Waals surface area contributed by atoms with E-state index in [4.69, 9.17) is 14.2 Å². The van der Waals surface area contributed by atoms with E-state index < -0.39 is 0 Å². The largest absolute Gasteiger partial charge is 0.497 e. The molecule has 3 aromatic rings. The summed E-state index contributed by atoms with van der Waals surface area (Å²) in [4.78, 5) is 0. The zero-order valence-corrected chi connectivity index (χ0v) is 15.6. The molecule has 0 atom stereocenters. The highest BCUT2D eigenvalue weighted by molar-refractivity contribution is 5.47. The fraction of sp³-hybridized carbons (Fsp3) is 0.182. The molecule has 0 amide bonds. The van der Waals surface area contributed by atoms with E-state index in [1.54, 1.807) is 14.2 Å². The zero-order chi connectivity index (χ0) is 18.9. The van der Waals surface area contributed by atoms with Crippen LogP contribution in [0.3, 0.4) is 0 Å². The molecule has 0 saturated heterocycles. The number of anilines is 1. The number of hydrazine groups is 1. The molecule has 0 spiro atoms. The minimum atomic E-state index is 0.427. The van der Waals surface area contributed by atoms with Crippen molar-refractivity contribution in [1.29, 1.82) is 0 Å². The highest BCUT2D eigenvalue weighted by atomic mass is 16.5. The van der Waals surface area contributed by atoms with Gasteiger partial charge in [0.2, 0.25) is 0 Å². The van der Waals surface area contributed by atoms with Gasteiger partial charge in [0.1, 0.15) is 12.4 Å². The van der Waals surface area contributed by atoms with Crippen molar-refractivity contribution in [3.8, 4) is 17.2 Å². The molecule has 3 aromatic carbocycles. The fourth-order valence-electron chi connectivity index (χ4n) is 2.71. The highest BCUT2D eigenvalue weighted by Crippen LogP contribution is 2.32. The van der Waals surface area contributed by atoms with Crippen LogP contribution in [0.25, 0.3) is 0 Å². The van der Waals surface area contributed by atoms with Crippen LogP contribution in [0.4, 0.5) is 5.69 Å². The third-order valence-corrected chi connectivity index (χ3v) is 4.08. The molecule has 5 nitrogen and oxygen atoms in total. The predicted molar refractivity (Wildman–Crippen MR) is 107 cm³/mol. The SMILES string of the molecule is COc1cccc(COc2c(CNNc3ccccc3)cccc2OC)c1. The van der Waals surface area contributed by atoms with E-state index in [-0.39, 0.29) is 0 Å². The maximum absolute atomic E-state index is 6.10. The maximum atomic E-state index is 6.10. The van der Waals surface area contributed by atoms with E-state index in [0.717, 1.165) is 28.3 Å². The molecular weight excluding hydrogens is 340 g/mol. The summed E-state index contributed by atoms with van der Waals surface area (Å²) in [5.74, 6) is 2.24. The standard InChI is InChI=1S/C22H24N2O3/c1-25-20-12-6-8-17(14-20)16-27-22-18(9-7-13-21(22)26-2)15-23-24-19-10-4-3-5-11-19/h3-14,23-24H,15-16H2,1-2H3. The fourth-order valence-corrected chi connectivity index (χ4v) is 2.71. The molecule has 0 radical (unpaired) electrons. The van der Waals surface area contributed by atoms with Gasteiger partial charge in [-0.1, -0.05) is 42.5 Å². The first kappa shape index (κ1) is 18.6. The second-order valence-electron chi connectivity index (χ2n) is 5.93. The van der Waals surface area contributed by atoms with Crippen LogP contribution in [-0.4, -0.2) is 14.2 Å². The van der Waals surface area contributed by atoms with Gasteiger partial charge in [-0.05, 0) is 35.9 Å². The van der Waals surface area contributed by atoms with Gasteiger partial charge in [0.15, 0.2) is 11.5 Å². The summed E-state index contributed by atoms with van der Waals surface area (Å²) in [5, 5.41) is 0. The van der Waals surface area contributed by atoms with E-state index in [2.05, 4.69) is 10.9 Å². The Hall–Kier alpha value is -3.18. The minimum Gasteiger partial charge on any atom is -0.497 e. The Morgan fingerprint density at radius 3 is 2.41 bits per heavy atom. The van der Waals surface area contributed by atoms with Crippen molar-refractivity contribution in [1.82, 2.24) is 5.43 Å². The second-order valence-corrected chi connectivity index (χ2v) is 5.93. The van der Waals surface area contributed by atoms with E-state index in [1.165, 1.54) is 0 Å². The number of methoxy groups -OCH3 is 2. The molecule has 5 heteroatoms. The summed E-state index contributed by atoms with van der Waals surface area (Å²) in [6, 6.07) is 23.7. The lowest BCUT2D eigenvalue weighted by molar-refractivity contribution is 0.280. The molecule has 0 aliphatic rings. The number of nitrogens with one attached hydrogen (secondary N) is 2. The average Bonchev–Trinajstić information content (AvgIpc) is 2.73. The first-order valence-electron chi connectivity index (χ1n) is 8.75. The van der Waals surface area contributed by atoms with Crippen molar-refractivity contribution in [2.75, 3.05) is 19.6 Å². The van der Waals surface area contributed by atoms with Crippen LogP contribution < -0.4 is 25.1 Å². The Labute approximate surface area is 159 Å². The van der Waals surface area contributed by atoms with Crippen molar-refractivity contribution >= 4 is 5.69 Å². The van der Waals surface area contributed by atoms with E-state index in [9.17, 15) is 0 Å². The van der Waals surface area contributed by atoms with Gasteiger partial charge in [0.05, 0.1) is 14.2 Å². The van der Waals surface area contributed by atoms with E-state index >= 15 is 0 Å². The topological polar surface area (TPSA) is 51.8 Å². The van der Waals surface area contributed by atoms with Gasteiger partial charge in [-0.2, -0.15) is 0 Å². The van der Waals surface area contributed by atoms with Gasteiger partial charge < -0.3 is 19.6 Å². The van der Waals surface area contributed by atoms with Gasteiger partial charge in [-0.15, -0.1) is 0 Å². The van der Waals surface area contributed by atoms with Crippen molar-refractivity contribution in [2.24, 2.45) is 0 Å². The number of hydrogen-bond donors (Lipinski definition) is 2. The number of hydrogen-bond acceptors (Lipinski definition) is 5. The summed E-state index contributed by atoms with van der Waals surface area (Å²) < 4.78 is 16.9. The number of benzene rings is 3. The molecule has 0 fully saturated rings. The van der Waals surface area contributed by atoms with Crippen LogP contribution in [-0.2, 0) is 13.2 Å². The number of ether oxygens (including phenoxy) is 3. The first-order chi connectivity index (χ1) is 13.3.